The second-order valence-corrected chi connectivity index (χ2v) is 3.77. The Bertz CT molecular complexity index is 305. The number of carbonyl (C=O) groups excluding carboxylic acids is 1. The normalized spacial score (nSPS) is 29.1. The lowest BCUT2D eigenvalue weighted by molar-refractivity contribution is -0.779. The number of hydroxylamine groups is 2. The molecule has 0 spiro atoms. The van der Waals surface area contributed by atoms with Crippen molar-refractivity contribution in [1.29, 1.82) is 0 Å². The van der Waals surface area contributed by atoms with Gasteiger partial charge >= 0.3 is 0 Å². The summed E-state index contributed by atoms with van der Waals surface area (Å²) in [6, 6.07) is 0. The van der Waals surface area contributed by atoms with Crippen molar-refractivity contribution in [1.82, 2.24) is 0 Å². The number of likely N-dealkylation sites (N-methyl/N-ethyl adjacent to an activating group) is 1. The Labute approximate surface area is 83.6 Å². The summed E-state index contributed by atoms with van der Waals surface area (Å²) in [7, 11) is 1.50. The van der Waals surface area contributed by atoms with E-state index in [2.05, 4.69) is 0 Å². The van der Waals surface area contributed by atoms with Gasteiger partial charge in [-0.2, -0.15) is 0 Å². The van der Waals surface area contributed by atoms with Crippen LogP contribution >= 0.6 is 0 Å². The molecule has 0 heterocycles. The number of hydrogen-bond acceptors (Lipinski definition) is 3. The molecule has 1 rings (SSSR count). The third-order valence-electron chi connectivity index (χ3n) is 2.49. The van der Waals surface area contributed by atoms with Gasteiger partial charge in [-0.25, -0.2) is 0 Å². The van der Waals surface area contributed by atoms with Crippen molar-refractivity contribution in [2.45, 2.75) is 13.8 Å². The van der Waals surface area contributed by atoms with Crippen molar-refractivity contribution in [2.24, 2.45) is 17.6 Å². The van der Waals surface area contributed by atoms with Crippen LogP contribution in [0.2, 0.25) is 0 Å². The number of nitrogens with one attached hydrogen (secondary N) is 1. The van der Waals surface area contributed by atoms with Gasteiger partial charge < -0.3 is 16.0 Å². The molecule has 0 amide bonds. The van der Waals surface area contributed by atoms with Gasteiger partial charge in [0.25, 0.3) is 0 Å². The Balaban J connectivity index is 2.97. The number of nitrogens with two attached hydrogens (primary N) is 1. The second kappa shape index (κ2) is 3.94. The molecule has 0 bridgehead atoms. The molecule has 3 unspecified atom stereocenters. The molecule has 0 fully saturated rings. The molecule has 3 N–H and O–H groups in total. The number of rotatable bonds is 2. The number of hydrogen-bond donors (Lipinski definition) is 2. The number of Topliss-reactive ketones (excluding diaryl/α,β-unsaturated/α-hetero) is 1. The van der Waals surface area contributed by atoms with Crippen LogP contribution in [0.1, 0.15) is 13.8 Å². The SMILES string of the molecule is CC(=O)C1C(N)=CC([NH+](C)[O-])=CC1C. The predicted octanol–water partition coefficient (Wildman–Crippen LogP) is -0.420. The zero-order valence-corrected chi connectivity index (χ0v) is 8.70. The Kier molecular flexibility index (Phi) is 3.08. The summed E-state index contributed by atoms with van der Waals surface area (Å²) in [5, 5.41) is 11.1. The van der Waals surface area contributed by atoms with E-state index in [0.717, 1.165) is 0 Å². The number of ketones is 1. The molecule has 3 atom stereocenters. The molecule has 0 aromatic rings. The molecule has 78 valence electrons. The molecule has 0 saturated heterocycles. The zero-order valence-electron chi connectivity index (χ0n) is 8.70. The van der Waals surface area contributed by atoms with Crippen LogP contribution in [-0.2, 0) is 4.79 Å². The zero-order chi connectivity index (χ0) is 10.9. The quantitative estimate of drug-likeness (QED) is 0.589. The van der Waals surface area contributed by atoms with E-state index in [1.165, 1.54) is 14.0 Å². The van der Waals surface area contributed by atoms with Crippen molar-refractivity contribution in [3.8, 4) is 0 Å². The monoisotopic (exact) mass is 196 g/mol. The van der Waals surface area contributed by atoms with E-state index in [0.29, 0.717) is 11.4 Å². The van der Waals surface area contributed by atoms with Crippen LogP contribution in [0.15, 0.2) is 23.5 Å². The molecule has 1 aliphatic carbocycles. The second-order valence-electron chi connectivity index (χ2n) is 3.77. The topological polar surface area (TPSA) is 70.6 Å². The Hall–Kier alpha value is -1.13. The first-order chi connectivity index (χ1) is 6.43. The average molecular weight is 196 g/mol. The number of carbonyl (C=O) groups is 1. The molecule has 0 aromatic heterocycles. The molecule has 4 heteroatoms. The molecule has 0 aromatic carbocycles. The van der Waals surface area contributed by atoms with Gasteiger partial charge in [0, 0.05) is 11.8 Å². The highest BCUT2D eigenvalue weighted by Gasteiger charge is 2.27. The van der Waals surface area contributed by atoms with Crippen LogP contribution in [-0.4, -0.2) is 12.8 Å². The fourth-order valence-electron chi connectivity index (χ4n) is 1.82. The minimum Gasteiger partial charge on any atom is -0.629 e. The first-order valence-corrected chi connectivity index (χ1v) is 4.63. The lowest BCUT2D eigenvalue weighted by Crippen LogP contribution is -3.01. The van der Waals surface area contributed by atoms with Gasteiger partial charge in [0.05, 0.1) is 13.0 Å². The number of quaternary nitrogens is 1. The summed E-state index contributed by atoms with van der Waals surface area (Å²) in [4.78, 5) is 11.3. The van der Waals surface area contributed by atoms with Crippen molar-refractivity contribution < 1.29 is 9.86 Å². The third kappa shape index (κ3) is 2.02. The Morgan fingerprint density at radius 1 is 1.64 bits per heavy atom. The smallest absolute Gasteiger partial charge is 0.139 e. The fraction of sp³-hybridized carbons (Fsp3) is 0.500. The van der Waals surface area contributed by atoms with Gasteiger partial charge in [0.1, 0.15) is 11.5 Å². The third-order valence-corrected chi connectivity index (χ3v) is 2.49. The summed E-state index contributed by atoms with van der Waals surface area (Å²) in [5.74, 6) is -0.209. The van der Waals surface area contributed by atoms with Gasteiger partial charge in [0.15, 0.2) is 0 Å². The van der Waals surface area contributed by atoms with Gasteiger partial charge in [-0.1, -0.05) is 6.92 Å². The van der Waals surface area contributed by atoms with Gasteiger partial charge in [-0.15, -0.1) is 0 Å². The molecule has 4 nitrogen and oxygen atoms in total. The molecule has 1 aliphatic rings. The maximum atomic E-state index is 11.3. The van der Waals surface area contributed by atoms with E-state index in [1.807, 2.05) is 13.0 Å². The maximum Gasteiger partial charge on any atom is 0.139 e. The average Bonchev–Trinajstić information content (AvgIpc) is 2.01. The van der Waals surface area contributed by atoms with Gasteiger partial charge in [-0.05, 0) is 18.9 Å². The van der Waals surface area contributed by atoms with Gasteiger partial charge in [0.2, 0.25) is 0 Å². The van der Waals surface area contributed by atoms with Crippen molar-refractivity contribution in [2.75, 3.05) is 7.05 Å². The lowest BCUT2D eigenvalue weighted by Gasteiger charge is -2.27. The highest BCUT2D eigenvalue weighted by atomic mass is 16.5. The molecular weight excluding hydrogens is 180 g/mol. The van der Waals surface area contributed by atoms with E-state index in [1.54, 1.807) is 6.08 Å². The highest BCUT2D eigenvalue weighted by molar-refractivity contribution is 5.82. The molecular formula is C10H16N2O2. The van der Waals surface area contributed by atoms with E-state index < -0.39 is 0 Å². The summed E-state index contributed by atoms with van der Waals surface area (Å²) in [6.45, 7) is 3.42. The maximum absolute atomic E-state index is 11.3. The van der Waals surface area contributed by atoms with Crippen LogP contribution in [0.4, 0.5) is 0 Å². The van der Waals surface area contributed by atoms with E-state index in [4.69, 9.17) is 5.73 Å². The van der Waals surface area contributed by atoms with Gasteiger partial charge in [-0.3, -0.25) is 4.79 Å². The van der Waals surface area contributed by atoms with Crippen LogP contribution in [0.5, 0.6) is 0 Å². The highest BCUT2D eigenvalue weighted by Crippen LogP contribution is 2.25. The standard InChI is InChI=1S/C10H16N2O2/c1-6-4-8(12(3)14)5-9(11)10(6)7(2)13/h4-6,10,12H,11H2,1-3H3. The minimum atomic E-state index is -0.266. The van der Waals surface area contributed by atoms with Crippen LogP contribution in [0.25, 0.3) is 0 Å². The molecule has 0 aliphatic heterocycles. The molecule has 0 radical (unpaired) electrons. The van der Waals surface area contributed by atoms with E-state index in [9.17, 15) is 10.0 Å². The summed E-state index contributed by atoms with van der Waals surface area (Å²) >= 11 is 0. The summed E-state index contributed by atoms with van der Waals surface area (Å²) < 4.78 is 0. The lowest BCUT2D eigenvalue weighted by atomic mass is 9.83. The molecule has 14 heavy (non-hydrogen) atoms. The Morgan fingerprint density at radius 3 is 2.57 bits per heavy atom. The van der Waals surface area contributed by atoms with Crippen molar-refractivity contribution in [3.63, 3.8) is 0 Å². The Morgan fingerprint density at radius 2 is 2.21 bits per heavy atom. The fourth-order valence-corrected chi connectivity index (χ4v) is 1.82. The van der Waals surface area contributed by atoms with Crippen LogP contribution in [0.3, 0.4) is 0 Å². The predicted molar refractivity (Wildman–Crippen MR) is 53.9 cm³/mol. The van der Waals surface area contributed by atoms with E-state index >= 15 is 0 Å². The first kappa shape index (κ1) is 10.9. The van der Waals surface area contributed by atoms with Crippen LogP contribution < -0.4 is 10.8 Å². The van der Waals surface area contributed by atoms with Crippen molar-refractivity contribution >= 4 is 5.78 Å². The summed E-state index contributed by atoms with van der Waals surface area (Å²) in [6.07, 6.45) is 3.42. The summed E-state index contributed by atoms with van der Waals surface area (Å²) in [5.41, 5.74) is 6.85. The van der Waals surface area contributed by atoms with Crippen molar-refractivity contribution in [3.05, 3.63) is 28.8 Å². The largest absolute Gasteiger partial charge is 0.629 e. The number of allylic oxidation sites excluding steroid dienone is 3. The first-order valence-electron chi connectivity index (χ1n) is 4.63. The van der Waals surface area contributed by atoms with E-state index in [-0.39, 0.29) is 22.7 Å². The minimum absolute atomic E-state index is 0.0106. The molecule has 0 saturated carbocycles. The van der Waals surface area contributed by atoms with Crippen LogP contribution in [0, 0.1) is 17.0 Å².